The first kappa shape index (κ1) is 18.7. The summed E-state index contributed by atoms with van der Waals surface area (Å²) < 4.78 is 13.1. The Bertz CT molecular complexity index is 790. The molecule has 1 fully saturated rings. The fourth-order valence-corrected chi connectivity index (χ4v) is 3.62. The molecule has 2 aromatic carbocycles. The summed E-state index contributed by atoms with van der Waals surface area (Å²) in [5.74, 6) is -0.517. The number of benzene rings is 2. The molecule has 1 heterocycles. The van der Waals surface area contributed by atoms with Crippen molar-refractivity contribution in [3.63, 3.8) is 0 Å². The zero-order chi connectivity index (χ0) is 18.7. The lowest BCUT2D eigenvalue weighted by molar-refractivity contribution is -0.914. The minimum absolute atomic E-state index is 0.0992. The number of hydrogen-bond acceptors (Lipinski definition) is 2. The zero-order valence-electron chi connectivity index (χ0n) is 15.1. The largest absolute Gasteiger partial charge is 0.360 e. The summed E-state index contributed by atoms with van der Waals surface area (Å²) >= 11 is 6.00. The molecule has 0 spiro atoms. The maximum Gasteiger partial charge on any atom is 0.282 e. The van der Waals surface area contributed by atoms with Gasteiger partial charge >= 0.3 is 0 Å². The number of piperazine rings is 1. The van der Waals surface area contributed by atoms with Crippen molar-refractivity contribution in [2.45, 2.75) is 19.9 Å². The molecule has 0 aliphatic carbocycles. The molecule has 3 rings (SSSR count). The van der Waals surface area contributed by atoms with E-state index in [9.17, 15) is 9.18 Å². The van der Waals surface area contributed by atoms with Crippen LogP contribution in [0.5, 0.6) is 0 Å². The number of aryl methyl sites for hydroxylation is 1. The Kier molecular flexibility index (Phi) is 5.79. The van der Waals surface area contributed by atoms with Gasteiger partial charge in [-0.2, -0.15) is 0 Å². The van der Waals surface area contributed by atoms with Gasteiger partial charge in [-0.25, -0.2) is 4.39 Å². The lowest BCUT2D eigenvalue weighted by Crippen LogP contribution is -3.19. The molecule has 1 amide bonds. The summed E-state index contributed by atoms with van der Waals surface area (Å²) in [5.41, 5.74) is 2.98. The fourth-order valence-electron chi connectivity index (χ4n) is 3.40. The van der Waals surface area contributed by atoms with Gasteiger partial charge in [0, 0.05) is 5.69 Å². The first-order valence-corrected chi connectivity index (χ1v) is 9.24. The second-order valence-corrected chi connectivity index (χ2v) is 7.17. The Morgan fingerprint density at radius 3 is 2.58 bits per heavy atom. The maximum absolute atomic E-state index is 13.1. The monoisotopic (exact) mass is 376 g/mol. The number of halogens is 2. The van der Waals surface area contributed by atoms with Crippen molar-refractivity contribution in [1.82, 2.24) is 0 Å². The van der Waals surface area contributed by atoms with Gasteiger partial charge in [0.15, 0.2) is 6.04 Å². The number of hydrogen-bond donors (Lipinski definition) is 2. The second kappa shape index (κ2) is 8.06. The minimum Gasteiger partial charge on any atom is -0.360 e. The van der Waals surface area contributed by atoms with Gasteiger partial charge in [0.05, 0.1) is 36.9 Å². The molecular weight excluding hydrogens is 353 g/mol. The molecule has 0 saturated carbocycles. The van der Waals surface area contributed by atoms with Gasteiger partial charge in [-0.3, -0.25) is 4.79 Å². The van der Waals surface area contributed by atoms with Gasteiger partial charge in [-0.15, -0.1) is 0 Å². The highest BCUT2D eigenvalue weighted by atomic mass is 35.5. The summed E-state index contributed by atoms with van der Waals surface area (Å²) in [7, 11) is 0. The summed E-state index contributed by atoms with van der Waals surface area (Å²) in [4.78, 5) is 16.2. The van der Waals surface area contributed by atoms with Gasteiger partial charge in [-0.05, 0) is 43.7 Å². The topological polar surface area (TPSA) is 36.8 Å². The Hall–Kier alpha value is -2.11. The Labute approximate surface area is 158 Å². The van der Waals surface area contributed by atoms with Crippen LogP contribution in [0.2, 0.25) is 5.02 Å². The van der Waals surface area contributed by atoms with Crippen molar-refractivity contribution in [1.29, 1.82) is 0 Å². The van der Waals surface area contributed by atoms with Crippen LogP contribution in [0.1, 0.15) is 12.5 Å². The van der Waals surface area contributed by atoms with E-state index in [0.29, 0.717) is 5.69 Å². The number of carbonyl (C=O) groups excluding carboxylic acids is 1. The van der Waals surface area contributed by atoms with E-state index in [4.69, 9.17) is 11.6 Å². The molecule has 6 heteroatoms. The second-order valence-electron chi connectivity index (χ2n) is 6.77. The molecule has 2 aromatic rings. The average Bonchev–Trinajstić information content (AvgIpc) is 2.64. The number of quaternary nitrogens is 1. The molecule has 26 heavy (non-hydrogen) atoms. The Morgan fingerprint density at radius 2 is 1.92 bits per heavy atom. The Morgan fingerprint density at radius 1 is 1.23 bits per heavy atom. The number of nitrogens with one attached hydrogen (secondary N) is 2. The van der Waals surface area contributed by atoms with E-state index < -0.39 is 5.82 Å². The van der Waals surface area contributed by atoms with Gasteiger partial charge in [-0.1, -0.05) is 29.8 Å². The molecular formula is C20H24ClFN3O+. The smallest absolute Gasteiger partial charge is 0.282 e. The summed E-state index contributed by atoms with van der Waals surface area (Å²) in [6.45, 7) is 7.65. The third-order valence-electron chi connectivity index (χ3n) is 5.06. The van der Waals surface area contributed by atoms with Gasteiger partial charge in [0.2, 0.25) is 0 Å². The minimum atomic E-state index is -0.418. The van der Waals surface area contributed by atoms with Crippen LogP contribution in [0, 0.1) is 12.7 Å². The SMILES string of the molecule is Cc1ccccc1N1CC[NH+]([C@H](C)C(=O)Nc2ccc(F)cc2Cl)CC1. The van der Waals surface area contributed by atoms with E-state index in [1.807, 2.05) is 13.0 Å². The highest BCUT2D eigenvalue weighted by Crippen LogP contribution is 2.22. The van der Waals surface area contributed by atoms with Gasteiger partial charge in [0.1, 0.15) is 5.82 Å². The normalized spacial score (nSPS) is 16.4. The number of anilines is 2. The molecule has 1 saturated heterocycles. The van der Waals surface area contributed by atoms with E-state index in [1.54, 1.807) is 0 Å². The third kappa shape index (κ3) is 4.17. The number of amides is 1. The molecule has 1 aliphatic heterocycles. The van der Waals surface area contributed by atoms with Crippen molar-refractivity contribution < 1.29 is 14.1 Å². The summed E-state index contributed by atoms with van der Waals surface area (Å²) in [6, 6.07) is 12.2. The van der Waals surface area contributed by atoms with E-state index in [1.165, 1.54) is 34.3 Å². The molecule has 0 bridgehead atoms. The van der Waals surface area contributed by atoms with Crippen LogP contribution in [0.3, 0.4) is 0 Å². The van der Waals surface area contributed by atoms with Gasteiger partial charge < -0.3 is 15.1 Å². The lowest BCUT2D eigenvalue weighted by atomic mass is 10.1. The highest BCUT2D eigenvalue weighted by Gasteiger charge is 2.29. The quantitative estimate of drug-likeness (QED) is 0.860. The number of carbonyl (C=O) groups is 1. The van der Waals surface area contributed by atoms with Crippen LogP contribution in [0.25, 0.3) is 0 Å². The highest BCUT2D eigenvalue weighted by molar-refractivity contribution is 6.33. The first-order chi connectivity index (χ1) is 12.5. The van der Waals surface area contributed by atoms with Crippen LogP contribution < -0.4 is 15.1 Å². The van der Waals surface area contributed by atoms with Crippen molar-refractivity contribution in [3.05, 3.63) is 58.9 Å². The van der Waals surface area contributed by atoms with Crippen molar-refractivity contribution in [2.24, 2.45) is 0 Å². The lowest BCUT2D eigenvalue weighted by Gasteiger charge is -2.36. The van der Waals surface area contributed by atoms with E-state index in [2.05, 4.69) is 35.3 Å². The van der Waals surface area contributed by atoms with Crippen molar-refractivity contribution >= 4 is 28.9 Å². The van der Waals surface area contributed by atoms with E-state index in [-0.39, 0.29) is 17.0 Å². The molecule has 4 nitrogen and oxygen atoms in total. The molecule has 0 radical (unpaired) electrons. The van der Waals surface area contributed by atoms with E-state index in [0.717, 1.165) is 26.2 Å². The summed E-state index contributed by atoms with van der Waals surface area (Å²) in [5, 5.41) is 3.03. The zero-order valence-corrected chi connectivity index (χ0v) is 15.8. The maximum atomic E-state index is 13.1. The average molecular weight is 377 g/mol. The fraction of sp³-hybridized carbons (Fsp3) is 0.350. The number of rotatable bonds is 4. The standard InChI is InChI=1S/C20H23ClFN3O/c1-14-5-3-4-6-19(14)25-11-9-24(10-12-25)15(2)20(26)23-18-8-7-16(22)13-17(18)21/h3-8,13,15H,9-12H2,1-2H3,(H,23,26)/p+1/t15-/m1/s1. The first-order valence-electron chi connectivity index (χ1n) is 8.87. The molecule has 138 valence electrons. The molecule has 1 atom stereocenters. The number of nitrogens with zero attached hydrogens (tertiary/aromatic N) is 1. The predicted molar refractivity (Wildman–Crippen MR) is 104 cm³/mol. The third-order valence-corrected chi connectivity index (χ3v) is 5.37. The van der Waals surface area contributed by atoms with Crippen LogP contribution in [0.15, 0.2) is 42.5 Å². The van der Waals surface area contributed by atoms with Crippen LogP contribution in [0.4, 0.5) is 15.8 Å². The number of para-hydroxylation sites is 1. The Balaban J connectivity index is 1.58. The molecule has 1 aliphatic rings. The summed E-state index contributed by atoms with van der Waals surface area (Å²) in [6.07, 6.45) is 0. The van der Waals surface area contributed by atoms with Crippen LogP contribution in [-0.4, -0.2) is 38.1 Å². The van der Waals surface area contributed by atoms with Gasteiger partial charge in [0.25, 0.3) is 5.91 Å². The molecule has 0 unspecified atom stereocenters. The van der Waals surface area contributed by atoms with E-state index >= 15 is 0 Å². The van der Waals surface area contributed by atoms with Crippen LogP contribution >= 0.6 is 11.6 Å². The predicted octanol–water partition coefficient (Wildman–Crippen LogP) is 2.52. The molecule has 2 N–H and O–H groups in total. The molecule has 0 aromatic heterocycles. The van der Waals surface area contributed by atoms with Crippen LogP contribution in [-0.2, 0) is 4.79 Å². The van der Waals surface area contributed by atoms with Crippen molar-refractivity contribution in [3.8, 4) is 0 Å². The van der Waals surface area contributed by atoms with Crippen molar-refractivity contribution in [2.75, 3.05) is 36.4 Å².